The number of nitrogens with zero attached hydrogens (tertiary/aromatic N) is 3. The van der Waals surface area contributed by atoms with Gasteiger partial charge in [-0.2, -0.15) is 0 Å². The van der Waals surface area contributed by atoms with Gasteiger partial charge in [-0.05, 0) is 24.6 Å². The zero-order valence-corrected chi connectivity index (χ0v) is 15.7. The molecule has 0 saturated carbocycles. The largest absolute Gasteiger partial charge is 0.342 e. The number of urea groups is 1. The number of aromatic amines is 1. The number of nitrogens with one attached hydrogen (secondary N) is 2. The molecule has 1 aromatic carbocycles. The Morgan fingerprint density at radius 1 is 1.35 bits per heavy atom. The molecule has 7 heteroatoms. The molecule has 140 valence electrons. The van der Waals surface area contributed by atoms with E-state index >= 15 is 0 Å². The average molecular weight is 357 g/mol. The number of likely N-dealkylation sites (N-methyl/N-ethyl adjacent to an activating group) is 1. The molecule has 1 aliphatic rings. The molecule has 3 rings (SSSR count). The van der Waals surface area contributed by atoms with Gasteiger partial charge in [0.05, 0.1) is 11.0 Å². The Hall–Kier alpha value is -2.57. The van der Waals surface area contributed by atoms with E-state index in [1.165, 1.54) is 0 Å². The summed E-state index contributed by atoms with van der Waals surface area (Å²) in [7, 11) is 1.80. The summed E-state index contributed by atoms with van der Waals surface area (Å²) < 4.78 is 0. The van der Waals surface area contributed by atoms with Gasteiger partial charge < -0.3 is 20.1 Å². The number of fused-ring (bicyclic) bond motifs is 1. The lowest BCUT2D eigenvalue weighted by Gasteiger charge is -2.39. The van der Waals surface area contributed by atoms with Gasteiger partial charge in [0, 0.05) is 32.2 Å². The molecule has 0 radical (unpaired) electrons. The predicted octanol–water partition coefficient (Wildman–Crippen LogP) is 2.99. The number of carbonyl (C=O) groups is 2. The van der Waals surface area contributed by atoms with E-state index in [-0.39, 0.29) is 18.0 Å². The highest BCUT2D eigenvalue weighted by Gasteiger charge is 2.35. The van der Waals surface area contributed by atoms with E-state index in [1.807, 2.05) is 25.1 Å². The number of rotatable bonds is 5. The van der Waals surface area contributed by atoms with Gasteiger partial charge in [0.15, 0.2) is 0 Å². The topological polar surface area (TPSA) is 81.3 Å². The van der Waals surface area contributed by atoms with Crippen LogP contribution in [0.2, 0.25) is 0 Å². The van der Waals surface area contributed by atoms with Crippen molar-refractivity contribution in [3.8, 4) is 0 Å². The number of H-pyrrole nitrogens is 1. The molecule has 0 spiro atoms. The Bertz CT molecular complexity index is 800. The molecule has 0 aliphatic carbocycles. The molecule has 2 heterocycles. The molecule has 7 nitrogen and oxygen atoms in total. The number of unbranched alkanes of at least 4 members (excludes halogenated alkanes) is 1. The van der Waals surface area contributed by atoms with Gasteiger partial charge in [-0.3, -0.25) is 4.79 Å². The van der Waals surface area contributed by atoms with Crippen LogP contribution < -0.4 is 5.32 Å². The third kappa shape index (κ3) is 3.66. The van der Waals surface area contributed by atoms with Gasteiger partial charge in [0.1, 0.15) is 11.9 Å². The Balaban J connectivity index is 1.75. The van der Waals surface area contributed by atoms with Crippen molar-refractivity contribution in [1.29, 1.82) is 0 Å². The summed E-state index contributed by atoms with van der Waals surface area (Å²) in [5.41, 5.74) is 2.49. The SMILES string of the molecule is CCCC[C@@H]1C(=O)N(C)CCN1C(=O)Nc1ccc2nc(CC)[nH]c2c1. The molecular weight excluding hydrogens is 330 g/mol. The monoisotopic (exact) mass is 357 g/mol. The average Bonchev–Trinajstić information content (AvgIpc) is 3.05. The first kappa shape index (κ1) is 18.2. The molecule has 0 unspecified atom stereocenters. The summed E-state index contributed by atoms with van der Waals surface area (Å²) in [6, 6.07) is 5.03. The molecule has 1 fully saturated rings. The standard InChI is InChI=1S/C19H27N5O2/c1-4-6-7-16-18(25)23(3)10-11-24(16)19(26)20-13-8-9-14-15(12-13)22-17(5-2)21-14/h8-9,12,16H,4-7,10-11H2,1-3H3,(H,20,26)(H,21,22)/t16-/m1/s1. The summed E-state index contributed by atoms with van der Waals surface area (Å²) in [5.74, 6) is 0.948. The lowest BCUT2D eigenvalue weighted by Crippen LogP contribution is -2.58. The van der Waals surface area contributed by atoms with Crippen molar-refractivity contribution in [1.82, 2.24) is 19.8 Å². The number of hydrogen-bond acceptors (Lipinski definition) is 3. The fourth-order valence-electron chi connectivity index (χ4n) is 3.33. The second kappa shape index (κ2) is 7.76. The van der Waals surface area contributed by atoms with Crippen LogP contribution in [-0.2, 0) is 11.2 Å². The van der Waals surface area contributed by atoms with Crippen LogP contribution in [0.25, 0.3) is 11.0 Å². The predicted molar refractivity (Wildman–Crippen MR) is 102 cm³/mol. The number of benzene rings is 1. The van der Waals surface area contributed by atoms with Crippen LogP contribution in [0, 0.1) is 0 Å². The zero-order chi connectivity index (χ0) is 18.7. The normalized spacial score (nSPS) is 17.8. The highest BCUT2D eigenvalue weighted by molar-refractivity contribution is 5.95. The quantitative estimate of drug-likeness (QED) is 0.863. The first-order valence-electron chi connectivity index (χ1n) is 9.34. The number of anilines is 1. The Kier molecular flexibility index (Phi) is 5.44. The smallest absolute Gasteiger partial charge is 0.322 e. The minimum absolute atomic E-state index is 0.0245. The van der Waals surface area contributed by atoms with Crippen LogP contribution in [0.1, 0.15) is 38.9 Å². The molecular formula is C19H27N5O2. The molecule has 1 aliphatic heterocycles. The van der Waals surface area contributed by atoms with Crippen molar-refractivity contribution < 1.29 is 9.59 Å². The lowest BCUT2D eigenvalue weighted by molar-refractivity contribution is -0.138. The van der Waals surface area contributed by atoms with E-state index < -0.39 is 0 Å². The van der Waals surface area contributed by atoms with Gasteiger partial charge in [0.25, 0.3) is 0 Å². The van der Waals surface area contributed by atoms with Crippen LogP contribution >= 0.6 is 0 Å². The number of amides is 3. The number of hydrogen-bond donors (Lipinski definition) is 2. The van der Waals surface area contributed by atoms with Crippen LogP contribution in [0.4, 0.5) is 10.5 Å². The van der Waals surface area contributed by atoms with E-state index in [4.69, 9.17) is 0 Å². The van der Waals surface area contributed by atoms with Crippen molar-refractivity contribution in [3.05, 3.63) is 24.0 Å². The molecule has 0 bridgehead atoms. The van der Waals surface area contributed by atoms with E-state index in [1.54, 1.807) is 16.8 Å². The van der Waals surface area contributed by atoms with Crippen LogP contribution in [-0.4, -0.2) is 57.9 Å². The number of aromatic nitrogens is 2. The fraction of sp³-hybridized carbons (Fsp3) is 0.526. The van der Waals surface area contributed by atoms with Gasteiger partial charge in [-0.15, -0.1) is 0 Å². The lowest BCUT2D eigenvalue weighted by atomic mass is 10.0. The third-order valence-corrected chi connectivity index (χ3v) is 4.92. The maximum atomic E-state index is 12.8. The van der Waals surface area contributed by atoms with E-state index in [2.05, 4.69) is 22.2 Å². The van der Waals surface area contributed by atoms with E-state index in [0.29, 0.717) is 25.2 Å². The number of aryl methyl sites for hydroxylation is 1. The molecule has 2 aromatic rings. The first-order valence-corrected chi connectivity index (χ1v) is 9.34. The molecule has 1 atom stereocenters. The van der Waals surface area contributed by atoms with Gasteiger partial charge in [-0.25, -0.2) is 9.78 Å². The van der Waals surface area contributed by atoms with Crippen LogP contribution in [0.15, 0.2) is 18.2 Å². The highest BCUT2D eigenvalue weighted by atomic mass is 16.2. The minimum atomic E-state index is -0.378. The Morgan fingerprint density at radius 2 is 2.15 bits per heavy atom. The van der Waals surface area contributed by atoms with E-state index in [9.17, 15) is 9.59 Å². The summed E-state index contributed by atoms with van der Waals surface area (Å²) in [4.78, 5) is 36.4. The van der Waals surface area contributed by atoms with Crippen LogP contribution in [0.5, 0.6) is 0 Å². The molecule has 3 amide bonds. The summed E-state index contributed by atoms with van der Waals surface area (Å²) >= 11 is 0. The second-order valence-corrected chi connectivity index (χ2v) is 6.81. The van der Waals surface area contributed by atoms with Crippen molar-refractivity contribution in [2.45, 2.75) is 45.6 Å². The van der Waals surface area contributed by atoms with E-state index in [0.717, 1.165) is 36.1 Å². The maximum Gasteiger partial charge on any atom is 0.322 e. The molecule has 2 N–H and O–H groups in total. The summed E-state index contributed by atoms with van der Waals surface area (Å²) in [6.07, 6.45) is 3.46. The third-order valence-electron chi connectivity index (χ3n) is 4.92. The number of imidazole rings is 1. The highest BCUT2D eigenvalue weighted by Crippen LogP contribution is 2.21. The van der Waals surface area contributed by atoms with Crippen molar-refractivity contribution in [2.75, 3.05) is 25.5 Å². The Labute approximate surface area is 153 Å². The van der Waals surface area contributed by atoms with Crippen molar-refractivity contribution in [3.63, 3.8) is 0 Å². The van der Waals surface area contributed by atoms with Crippen molar-refractivity contribution in [2.24, 2.45) is 0 Å². The summed E-state index contributed by atoms with van der Waals surface area (Å²) in [5, 5.41) is 2.94. The van der Waals surface area contributed by atoms with Crippen LogP contribution in [0.3, 0.4) is 0 Å². The second-order valence-electron chi connectivity index (χ2n) is 6.81. The number of carbonyl (C=O) groups excluding carboxylic acids is 2. The van der Waals surface area contributed by atoms with Gasteiger partial charge in [-0.1, -0.05) is 26.7 Å². The molecule has 1 saturated heterocycles. The number of piperazine rings is 1. The maximum absolute atomic E-state index is 12.8. The Morgan fingerprint density at radius 3 is 2.88 bits per heavy atom. The molecule has 1 aromatic heterocycles. The van der Waals surface area contributed by atoms with Gasteiger partial charge in [0.2, 0.25) is 5.91 Å². The zero-order valence-electron chi connectivity index (χ0n) is 15.7. The summed E-state index contributed by atoms with van der Waals surface area (Å²) in [6.45, 7) is 5.25. The van der Waals surface area contributed by atoms with Gasteiger partial charge >= 0.3 is 6.03 Å². The molecule has 26 heavy (non-hydrogen) atoms. The van der Waals surface area contributed by atoms with Crippen molar-refractivity contribution >= 4 is 28.7 Å². The fourth-order valence-corrected chi connectivity index (χ4v) is 3.33. The minimum Gasteiger partial charge on any atom is -0.342 e. The first-order chi connectivity index (χ1) is 12.5.